The first kappa shape index (κ1) is 14.5. The molecule has 2 atom stereocenters. The highest BCUT2D eigenvalue weighted by molar-refractivity contribution is 7.11. The number of thiazole rings is 1. The minimum atomic E-state index is -0.220. The van der Waals surface area contributed by atoms with E-state index in [2.05, 4.69) is 11.9 Å². The van der Waals surface area contributed by atoms with Crippen LogP contribution in [0.5, 0.6) is 0 Å². The van der Waals surface area contributed by atoms with Crippen molar-refractivity contribution in [2.45, 2.75) is 51.1 Å². The van der Waals surface area contributed by atoms with Crippen LogP contribution in [0.4, 0.5) is 0 Å². The van der Waals surface area contributed by atoms with Gasteiger partial charge in [0.1, 0.15) is 4.88 Å². The number of carbonyl (C=O) groups excluding carboxylic acids is 2. The van der Waals surface area contributed by atoms with E-state index >= 15 is 0 Å². The monoisotopic (exact) mass is 307 g/mol. The third-order valence-electron chi connectivity index (χ3n) is 4.94. The molecule has 1 aromatic rings. The molecule has 0 N–H and O–H groups in total. The standard InChI is InChI=1S/C15H21N3O2S/c1-11(19)18-8-3-5-13-15(18,2)6-4-7-17(13)14(20)12-9-16-10-21-12/h9-10,13H,3-8H2,1-2H3/t13-,15-/m0/s1. The van der Waals surface area contributed by atoms with Crippen molar-refractivity contribution in [3.05, 3.63) is 16.6 Å². The zero-order valence-corrected chi connectivity index (χ0v) is 13.4. The average Bonchev–Trinajstić information content (AvgIpc) is 2.98. The average molecular weight is 307 g/mol. The van der Waals surface area contributed by atoms with Crippen molar-refractivity contribution < 1.29 is 9.59 Å². The Balaban J connectivity index is 1.90. The molecule has 0 unspecified atom stereocenters. The Labute approximate surface area is 129 Å². The van der Waals surface area contributed by atoms with Gasteiger partial charge in [-0.15, -0.1) is 11.3 Å². The second-order valence-corrected chi connectivity index (χ2v) is 7.04. The Morgan fingerprint density at radius 3 is 2.86 bits per heavy atom. The van der Waals surface area contributed by atoms with Crippen LogP contribution in [0, 0.1) is 0 Å². The Bertz CT molecular complexity index is 545. The molecule has 2 saturated heterocycles. The predicted molar refractivity (Wildman–Crippen MR) is 81.2 cm³/mol. The highest BCUT2D eigenvalue weighted by Gasteiger charge is 2.49. The third kappa shape index (κ3) is 2.35. The fourth-order valence-corrected chi connectivity index (χ4v) is 4.54. The molecule has 0 bridgehead atoms. The number of piperidine rings is 2. The molecular formula is C15H21N3O2S. The number of aromatic nitrogens is 1. The van der Waals surface area contributed by atoms with Crippen molar-refractivity contribution >= 4 is 23.2 Å². The van der Waals surface area contributed by atoms with Crippen molar-refractivity contribution in [3.8, 4) is 0 Å². The SMILES string of the molecule is CC(=O)N1CCC[C@@H]2N(C(=O)c3cncs3)CCC[C@@]21C. The number of fused-ring (bicyclic) bond motifs is 1. The van der Waals surface area contributed by atoms with E-state index in [1.54, 1.807) is 18.6 Å². The van der Waals surface area contributed by atoms with Crippen LogP contribution in [0.3, 0.4) is 0 Å². The quantitative estimate of drug-likeness (QED) is 0.799. The van der Waals surface area contributed by atoms with E-state index in [1.165, 1.54) is 11.3 Å². The molecule has 5 nitrogen and oxygen atoms in total. The number of hydrogen-bond donors (Lipinski definition) is 0. The second kappa shape index (κ2) is 5.40. The lowest BCUT2D eigenvalue weighted by molar-refractivity contribution is -0.143. The van der Waals surface area contributed by atoms with Gasteiger partial charge in [-0.3, -0.25) is 14.6 Å². The first-order valence-electron chi connectivity index (χ1n) is 7.52. The Hall–Kier alpha value is -1.43. The van der Waals surface area contributed by atoms with Gasteiger partial charge in [0.25, 0.3) is 5.91 Å². The minimum absolute atomic E-state index is 0.0684. The summed E-state index contributed by atoms with van der Waals surface area (Å²) in [6.45, 7) is 5.37. The van der Waals surface area contributed by atoms with Crippen molar-refractivity contribution in [2.24, 2.45) is 0 Å². The maximum atomic E-state index is 12.7. The number of rotatable bonds is 1. The fraction of sp³-hybridized carbons (Fsp3) is 0.667. The summed E-state index contributed by atoms with van der Waals surface area (Å²) in [6, 6.07) is 0.124. The van der Waals surface area contributed by atoms with Crippen LogP contribution in [-0.2, 0) is 4.79 Å². The smallest absolute Gasteiger partial charge is 0.265 e. The lowest BCUT2D eigenvalue weighted by Crippen LogP contribution is -2.67. The molecule has 3 heterocycles. The first-order valence-corrected chi connectivity index (χ1v) is 8.39. The zero-order valence-electron chi connectivity index (χ0n) is 12.5. The maximum Gasteiger partial charge on any atom is 0.265 e. The predicted octanol–water partition coefficient (Wildman–Crippen LogP) is 2.15. The van der Waals surface area contributed by atoms with E-state index in [4.69, 9.17) is 0 Å². The summed E-state index contributed by atoms with van der Waals surface area (Å²) in [6.07, 6.45) is 5.51. The number of likely N-dealkylation sites (tertiary alicyclic amines) is 2. The van der Waals surface area contributed by atoms with E-state index in [1.807, 2.05) is 9.80 Å². The van der Waals surface area contributed by atoms with Gasteiger partial charge in [-0.1, -0.05) is 0 Å². The van der Waals surface area contributed by atoms with Gasteiger partial charge in [-0.2, -0.15) is 0 Å². The molecule has 1 aromatic heterocycles. The van der Waals surface area contributed by atoms with E-state index in [0.717, 1.165) is 38.8 Å². The Morgan fingerprint density at radius 1 is 1.38 bits per heavy atom. The van der Waals surface area contributed by atoms with Gasteiger partial charge >= 0.3 is 0 Å². The van der Waals surface area contributed by atoms with E-state index < -0.39 is 0 Å². The first-order chi connectivity index (χ1) is 10.0. The molecule has 21 heavy (non-hydrogen) atoms. The molecule has 0 aromatic carbocycles. The second-order valence-electron chi connectivity index (χ2n) is 6.15. The lowest BCUT2D eigenvalue weighted by atomic mass is 9.76. The Morgan fingerprint density at radius 2 is 2.19 bits per heavy atom. The summed E-state index contributed by atoms with van der Waals surface area (Å²) in [4.78, 5) is 33.4. The molecule has 0 aliphatic carbocycles. The van der Waals surface area contributed by atoms with Gasteiger partial charge in [0.15, 0.2) is 0 Å². The topological polar surface area (TPSA) is 53.5 Å². The summed E-state index contributed by atoms with van der Waals surface area (Å²) in [7, 11) is 0. The van der Waals surface area contributed by atoms with Gasteiger partial charge in [0, 0.05) is 20.0 Å². The summed E-state index contributed by atoms with van der Waals surface area (Å²) in [5, 5.41) is 0. The highest BCUT2D eigenvalue weighted by Crippen LogP contribution is 2.39. The van der Waals surface area contributed by atoms with Gasteiger partial charge in [0.05, 0.1) is 23.3 Å². The molecular weight excluding hydrogens is 286 g/mol. The van der Waals surface area contributed by atoms with E-state index in [-0.39, 0.29) is 23.4 Å². The normalized spacial score (nSPS) is 29.1. The number of amides is 2. The molecule has 2 amide bonds. The van der Waals surface area contributed by atoms with Gasteiger partial charge in [-0.05, 0) is 32.6 Å². The van der Waals surface area contributed by atoms with Crippen LogP contribution in [-0.4, -0.2) is 51.3 Å². The summed E-state index contributed by atoms with van der Waals surface area (Å²) in [5.41, 5.74) is 1.47. The lowest BCUT2D eigenvalue weighted by Gasteiger charge is -2.56. The minimum Gasteiger partial charge on any atom is -0.335 e. The number of carbonyl (C=O) groups is 2. The van der Waals surface area contributed by atoms with Crippen LogP contribution < -0.4 is 0 Å². The molecule has 0 radical (unpaired) electrons. The van der Waals surface area contributed by atoms with Crippen molar-refractivity contribution in [1.29, 1.82) is 0 Å². The molecule has 114 valence electrons. The fourth-order valence-electron chi connectivity index (χ4n) is 3.97. The van der Waals surface area contributed by atoms with Gasteiger partial charge in [-0.25, -0.2) is 0 Å². The van der Waals surface area contributed by atoms with Crippen LogP contribution >= 0.6 is 11.3 Å². The van der Waals surface area contributed by atoms with Crippen LogP contribution in [0.15, 0.2) is 11.7 Å². The molecule has 2 aliphatic rings. The molecule has 2 aliphatic heterocycles. The van der Waals surface area contributed by atoms with Gasteiger partial charge in [0.2, 0.25) is 5.91 Å². The van der Waals surface area contributed by atoms with Crippen molar-refractivity contribution in [1.82, 2.24) is 14.8 Å². The molecule has 3 rings (SSSR count). The van der Waals surface area contributed by atoms with Crippen LogP contribution in [0.25, 0.3) is 0 Å². The van der Waals surface area contributed by atoms with Crippen LogP contribution in [0.1, 0.15) is 49.2 Å². The zero-order chi connectivity index (χ0) is 15.0. The highest BCUT2D eigenvalue weighted by atomic mass is 32.1. The maximum absolute atomic E-state index is 12.7. The summed E-state index contributed by atoms with van der Waals surface area (Å²) >= 11 is 1.39. The molecule has 0 spiro atoms. The van der Waals surface area contributed by atoms with E-state index in [9.17, 15) is 9.59 Å². The van der Waals surface area contributed by atoms with Crippen LogP contribution in [0.2, 0.25) is 0 Å². The molecule has 6 heteroatoms. The van der Waals surface area contributed by atoms with Crippen molar-refractivity contribution in [2.75, 3.05) is 13.1 Å². The Kier molecular flexibility index (Phi) is 3.73. The largest absolute Gasteiger partial charge is 0.335 e. The number of nitrogens with zero attached hydrogens (tertiary/aromatic N) is 3. The van der Waals surface area contributed by atoms with E-state index in [0.29, 0.717) is 4.88 Å². The third-order valence-corrected chi connectivity index (χ3v) is 5.70. The van der Waals surface area contributed by atoms with Crippen molar-refractivity contribution in [3.63, 3.8) is 0 Å². The summed E-state index contributed by atoms with van der Waals surface area (Å²) < 4.78 is 0. The van der Waals surface area contributed by atoms with Gasteiger partial charge < -0.3 is 9.80 Å². The summed E-state index contributed by atoms with van der Waals surface area (Å²) in [5.74, 6) is 0.188. The molecule has 0 saturated carbocycles. The number of hydrogen-bond acceptors (Lipinski definition) is 4. The molecule has 2 fully saturated rings.